The van der Waals surface area contributed by atoms with Crippen molar-refractivity contribution in [2.24, 2.45) is 0 Å². The third-order valence-electron chi connectivity index (χ3n) is 4.97. The molecule has 0 bridgehead atoms. The van der Waals surface area contributed by atoms with Crippen LogP contribution in [0.5, 0.6) is 11.5 Å². The summed E-state index contributed by atoms with van der Waals surface area (Å²) < 4.78 is 12.4. The van der Waals surface area contributed by atoms with Gasteiger partial charge in [0.05, 0.1) is 0 Å². The Balaban J connectivity index is 1.34. The average molecular weight is 413 g/mol. The second-order valence-corrected chi connectivity index (χ2v) is 7.97. The summed E-state index contributed by atoms with van der Waals surface area (Å²) in [5.41, 5.74) is 0.760. The molecule has 1 amide bonds. The van der Waals surface area contributed by atoms with Crippen molar-refractivity contribution in [2.75, 3.05) is 30.1 Å². The topological polar surface area (TPSA) is 98.6 Å². The van der Waals surface area contributed by atoms with Crippen molar-refractivity contribution in [3.8, 4) is 11.5 Å². The zero-order valence-corrected chi connectivity index (χ0v) is 16.4. The number of hydrogen-bond acceptors (Lipinski definition) is 8. The molecule has 2 aliphatic heterocycles. The summed E-state index contributed by atoms with van der Waals surface area (Å²) in [4.78, 5) is 36.3. The molecular formula is C19H19N5O4S. The van der Waals surface area contributed by atoms with E-state index < -0.39 is 0 Å². The fourth-order valence-electron chi connectivity index (χ4n) is 3.50. The Hall–Kier alpha value is -3.14. The molecule has 150 valence electrons. The van der Waals surface area contributed by atoms with Crippen molar-refractivity contribution >= 4 is 38.4 Å². The van der Waals surface area contributed by atoms with Gasteiger partial charge in [0.2, 0.25) is 12.7 Å². The number of nitrogens with one attached hydrogen (secondary N) is 1. The molecule has 0 radical (unpaired) electrons. The Kier molecular flexibility index (Phi) is 4.55. The lowest BCUT2D eigenvalue weighted by Crippen LogP contribution is -2.29. The maximum atomic E-state index is 12.8. The Morgan fingerprint density at radius 2 is 2.00 bits per heavy atom. The van der Waals surface area contributed by atoms with Crippen LogP contribution in [0.4, 0.5) is 10.8 Å². The number of carbonyl (C=O) groups excluding carboxylic acids is 1. The van der Waals surface area contributed by atoms with Crippen LogP contribution in [0, 0.1) is 0 Å². The summed E-state index contributed by atoms with van der Waals surface area (Å²) in [6.07, 6.45) is 4.87. The molecule has 3 aromatic rings. The van der Waals surface area contributed by atoms with Gasteiger partial charge in [0.25, 0.3) is 5.56 Å². The predicted octanol–water partition coefficient (Wildman–Crippen LogP) is 2.21. The molecule has 2 aliphatic rings. The van der Waals surface area contributed by atoms with Gasteiger partial charge in [-0.2, -0.15) is 4.98 Å². The van der Waals surface area contributed by atoms with Crippen LogP contribution in [0.1, 0.15) is 19.3 Å². The van der Waals surface area contributed by atoms with E-state index in [-0.39, 0.29) is 24.8 Å². The van der Waals surface area contributed by atoms with Gasteiger partial charge in [-0.1, -0.05) is 11.3 Å². The molecule has 0 unspecified atom stereocenters. The van der Waals surface area contributed by atoms with E-state index >= 15 is 0 Å². The SMILES string of the molecule is O=C(Cn1cnc2nc(N3CCCCC3)sc2c1=O)Nc1ccc2c(c1)OCO2. The molecule has 0 spiro atoms. The van der Waals surface area contributed by atoms with Crippen molar-refractivity contribution < 1.29 is 14.3 Å². The zero-order valence-electron chi connectivity index (χ0n) is 15.6. The number of rotatable bonds is 4. The van der Waals surface area contributed by atoms with Gasteiger partial charge in [0, 0.05) is 24.8 Å². The van der Waals surface area contributed by atoms with Crippen LogP contribution < -0.4 is 25.2 Å². The molecule has 1 aromatic carbocycles. The lowest BCUT2D eigenvalue weighted by Gasteiger charge is -2.25. The summed E-state index contributed by atoms with van der Waals surface area (Å²) in [7, 11) is 0. The van der Waals surface area contributed by atoms with E-state index in [1.165, 1.54) is 28.7 Å². The summed E-state index contributed by atoms with van der Waals surface area (Å²) >= 11 is 1.35. The Morgan fingerprint density at radius 3 is 2.86 bits per heavy atom. The number of thiazole rings is 1. The van der Waals surface area contributed by atoms with Gasteiger partial charge >= 0.3 is 0 Å². The number of anilines is 2. The molecule has 0 atom stereocenters. The molecular weight excluding hydrogens is 394 g/mol. The van der Waals surface area contributed by atoms with Crippen LogP contribution in [0.2, 0.25) is 0 Å². The van der Waals surface area contributed by atoms with Crippen LogP contribution in [-0.4, -0.2) is 40.3 Å². The van der Waals surface area contributed by atoms with E-state index in [0.717, 1.165) is 31.1 Å². The molecule has 9 nitrogen and oxygen atoms in total. The molecule has 4 heterocycles. The molecule has 1 fully saturated rings. The first-order valence-electron chi connectivity index (χ1n) is 9.48. The molecule has 10 heteroatoms. The third kappa shape index (κ3) is 3.51. The van der Waals surface area contributed by atoms with Crippen LogP contribution in [0.25, 0.3) is 10.3 Å². The molecule has 5 rings (SSSR count). The molecule has 1 saturated heterocycles. The standard InChI is InChI=1S/C19H19N5O4S/c25-15(21-12-4-5-13-14(8-12)28-11-27-13)9-24-10-20-17-16(18(24)26)29-19(22-17)23-6-2-1-3-7-23/h4-5,8,10H,1-3,6-7,9,11H2,(H,21,25). The molecule has 29 heavy (non-hydrogen) atoms. The maximum absolute atomic E-state index is 12.8. The van der Waals surface area contributed by atoms with E-state index in [0.29, 0.717) is 27.5 Å². The quantitative estimate of drug-likeness (QED) is 0.700. The van der Waals surface area contributed by atoms with Gasteiger partial charge in [-0.25, -0.2) is 4.98 Å². The Morgan fingerprint density at radius 1 is 1.17 bits per heavy atom. The molecule has 1 N–H and O–H groups in total. The normalized spacial score (nSPS) is 15.7. The average Bonchev–Trinajstić information content (AvgIpc) is 3.38. The van der Waals surface area contributed by atoms with Crippen molar-refractivity contribution in [3.63, 3.8) is 0 Å². The van der Waals surface area contributed by atoms with Crippen molar-refractivity contribution in [1.29, 1.82) is 0 Å². The monoisotopic (exact) mass is 413 g/mol. The third-order valence-corrected chi connectivity index (χ3v) is 6.06. The van der Waals surface area contributed by atoms with E-state index in [1.54, 1.807) is 18.2 Å². The Labute approximate surface area is 169 Å². The van der Waals surface area contributed by atoms with Gasteiger partial charge in [-0.15, -0.1) is 0 Å². The fourth-order valence-corrected chi connectivity index (χ4v) is 4.52. The molecule has 0 saturated carbocycles. The highest BCUT2D eigenvalue weighted by Crippen LogP contribution is 2.34. The molecule has 0 aliphatic carbocycles. The minimum Gasteiger partial charge on any atom is -0.454 e. The van der Waals surface area contributed by atoms with E-state index in [1.807, 2.05) is 0 Å². The number of fused-ring (bicyclic) bond motifs is 2. The largest absolute Gasteiger partial charge is 0.454 e. The number of piperidine rings is 1. The summed E-state index contributed by atoms with van der Waals surface area (Å²) in [6.45, 7) is 1.94. The number of carbonyl (C=O) groups is 1. The van der Waals surface area contributed by atoms with E-state index in [2.05, 4.69) is 20.2 Å². The number of ether oxygens (including phenoxy) is 2. The van der Waals surface area contributed by atoms with Crippen molar-refractivity contribution in [2.45, 2.75) is 25.8 Å². The van der Waals surface area contributed by atoms with E-state index in [9.17, 15) is 9.59 Å². The second kappa shape index (κ2) is 7.36. The first-order valence-corrected chi connectivity index (χ1v) is 10.3. The van der Waals surface area contributed by atoms with Crippen molar-refractivity contribution in [1.82, 2.24) is 14.5 Å². The lowest BCUT2D eigenvalue weighted by molar-refractivity contribution is -0.116. The van der Waals surface area contributed by atoms with Crippen LogP contribution in [-0.2, 0) is 11.3 Å². The number of nitrogens with zero attached hydrogens (tertiary/aromatic N) is 4. The van der Waals surface area contributed by atoms with Gasteiger partial charge in [0.15, 0.2) is 22.3 Å². The summed E-state index contributed by atoms with van der Waals surface area (Å²) in [6, 6.07) is 5.15. The minimum atomic E-state index is -0.326. The van der Waals surface area contributed by atoms with Gasteiger partial charge < -0.3 is 19.7 Å². The van der Waals surface area contributed by atoms with Gasteiger partial charge in [0.1, 0.15) is 17.6 Å². The minimum absolute atomic E-state index is 0.132. The second-order valence-electron chi connectivity index (χ2n) is 6.99. The number of benzene rings is 1. The fraction of sp³-hybridized carbons (Fsp3) is 0.368. The van der Waals surface area contributed by atoms with Gasteiger partial charge in [-0.3, -0.25) is 14.2 Å². The van der Waals surface area contributed by atoms with Crippen molar-refractivity contribution in [3.05, 3.63) is 34.9 Å². The Bertz CT molecular complexity index is 1140. The number of aromatic nitrogens is 3. The van der Waals surface area contributed by atoms with Gasteiger partial charge in [-0.05, 0) is 31.4 Å². The highest BCUT2D eigenvalue weighted by Gasteiger charge is 2.19. The summed E-state index contributed by atoms with van der Waals surface area (Å²) in [5, 5.41) is 3.60. The number of amides is 1. The zero-order chi connectivity index (χ0) is 19.8. The lowest BCUT2D eigenvalue weighted by atomic mass is 10.1. The maximum Gasteiger partial charge on any atom is 0.273 e. The first kappa shape index (κ1) is 17.9. The molecule has 2 aromatic heterocycles. The number of hydrogen-bond donors (Lipinski definition) is 1. The summed E-state index contributed by atoms with van der Waals surface area (Å²) in [5.74, 6) is 0.898. The van der Waals surface area contributed by atoms with Crippen LogP contribution in [0.15, 0.2) is 29.3 Å². The van der Waals surface area contributed by atoms with Crippen LogP contribution in [0.3, 0.4) is 0 Å². The predicted molar refractivity (Wildman–Crippen MR) is 109 cm³/mol. The smallest absolute Gasteiger partial charge is 0.273 e. The highest BCUT2D eigenvalue weighted by atomic mass is 32.1. The van der Waals surface area contributed by atoms with Crippen LogP contribution >= 0.6 is 11.3 Å². The van der Waals surface area contributed by atoms with E-state index in [4.69, 9.17) is 9.47 Å². The first-order chi connectivity index (χ1) is 14.2. The highest BCUT2D eigenvalue weighted by molar-refractivity contribution is 7.22.